The Hall–Kier alpha value is -2.87. The molecule has 2 aromatic carbocycles. The summed E-state index contributed by atoms with van der Waals surface area (Å²) in [5, 5.41) is 35.3. The molecule has 5 nitrogen and oxygen atoms in total. The number of phenolic OH excluding ortho intramolecular Hbond substituents is 2. The van der Waals surface area contributed by atoms with Gasteiger partial charge in [-0.25, -0.2) is 0 Å². The first-order valence-corrected chi connectivity index (χ1v) is 5.13. The third-order valence-electron chi connectivity index (χ3n) is 2.26. The quantitative estimate of drug-likeness (QED) is 0.787. The fourth-order valence-corrected chi connectivity index (χ4v) is 1.33. The van der Waals surface area contributed by atoms with Crippen molar-refractivity contribution in [2.75, 3.05) is 0 Å². The molecule has 0 atom stereocenters. The van der Waals surface area contributed by atoms with Crippen LogP contribution in [0.25, 0.3) is 0 Å². The van der Waals surface area contributed by atoms with Crippen LogP contribution in [0.5, 0.6) is 11.5 Å². The first-order valence-electron chi connectivity index (χ1n) is 5.13. The van der Waals surface area contributed by atoms with Gasteiger partial charge in [-0.3, -0.25) is 0 Å². The topological polar surface area (TPSA) is 89.0 Å². The molecule has 18 heavy (non-hydrogen) atoms. The number of aromatic hydroxyl groups is 2. The van der Waals surface area contributed by atoms with Crippen LogP contribution in [0.1, 0.15) is 5.56 Å². The number of nitrogens with zero attached hydrogens (tertiary/aromatic N) is 3. The fraction of sp³-hybridized carbons (Fsp3) is 0. The summed E-state index contributed by atoms with van der Waals surface area (Å²) in [6.45, 7) is 0. The Morgan fingerprint density at radius 1 is 0.889 bits per heavy atom. The minimum Gasteiger partial charge on any atom is -0.505 e. The molecule has 0 fully saturated rings. The molecule has 88 valence electrons. The molecule has 0 aromatic heterocycles. The van der Waals surface area contributed by atoms with Crippen molar-refractivity contribution in [2.45, 2.75) is 0 Å². The van der Waals surface area contributed by atoms with Gasteiger partial charge in [0.2, 0.25) is 0 Å². The molecular formula is C13H9N3O2. The first-order chi connectivity index (χ1) is 8.70. The van der Waals surface area contributed by atoms with Gasteiger partial charge in [-0.1, -0.05) is 6.07 Å². The average Bonchev–Trinajstić information content (AvgIpc) is 2.39. The van der Waals surface area contributed by atoms with E-state index in [0.29, 0.717) is 11.3 Å². The van der Waals surface area contributed by atoms with Crippen molar-refractivity contribution in [1.29, 1.82) is 5.26 Å². The Labute approximate surface area is 103 Å². The van der Waals surface area contributed by atoms with E-state index in [-0.39, 0.29) is 17.2 Å². The van der Waals surface area contributed by atoms with Crippen LogP contribution in [0.4, 0.5) is 11.4 Å². The Morgan fingerprint density at radius 2 is 1.50 bits per heavy atom. The molecule has 0 aliphatic rings. The van der Waals surface area contributed by atoms with Crippen LogP contribution in [0.3, 0.4) is 0 Å². The van der Waals surface area contributed by atoms with E-state index in [0.717, 1.165) is 0 Å². The van der Waals surface area contributed by atoms with E-state index < -0.39 is 0 Å². The van der Waals surface area contributed by atoms with E-state index in [1.807, 2.05) is 6.07 Å². The maximum Gasteiger partial charge on any atom is 0.169 e. The summed E-state index contributed by atoms with van der Waals surface area (Å²) in [7, 11) is 0. The second-order valence-corrected chi connectivity index (χ2v) is 3.50. The van der Waals surface area contributed by atoms with Crippen LogP contribution >= 0.6 is 0 Å². The standard InChI is InChI=1S/C13H9N3O2/c14-8-9-4-6-10(7-5-9)15-16-13-11(17)2-1-3-12(13)18/h1-7,17-18H. The van der Waals surface area contributed by atoms with E-state index in [9.17, 15) is 10.2 Å². The van der Waals surface area contributed by atoms with Gasteiger partial charge in [-0.2, -0.15) is 10.4 Å². The van der Waals surface area contributed by atoms with Crippen molar-refractivity contribution >= 4 is 11.4 Å². The molecule has 5 heteroatoms. The number of nitriles is 1. The lowest BCUT2D eigenvalue weighted by molar-refractivity contribution is 0.452. The zero-order valence-corrected chi connectivity index (χ0v) is 9.28. The fourth-order valence-electron chi connectivity index (χ4n) is 1.33. The maximum atomic E-state index is 9.49. The van der Waals surface area contributed by atoms with Crippen molar-refractivity contribution < 1.29 is 10.2 Å². The van der Waals surface area contributed by atoms with Crippen LogP contribution in [-0.4, -0.2) is 10.2 Å². The van der Waals surface area contributed by atoms with E-state index >= 15 is 0 Å². The van der Waals surface area contributed by atoms with Crippen molar-refractivity contribution in [1.82, 2.24) is 0 Å². The van der Waals surface area contributed by atoms with Gasteiger partial charge in [0, 0.05) is 0 Å². The summed E-state index contributed by atoms with van der Waals surface area (Å²) in [5.74, 6) is -0.292. The van der Waals surface area contributed by atoms with Crippen LogP contribution in [0, 0.1) is 11.3 Å². The van der Waals surface area contributed by atoms with Gasteiger partial charge >= 0.3 is 0 Å². The van der Waals surface area contributed by atoms with Gasteiger partial charge in [-0.15, -0.1) is 5.11 Å². The Kier molecular flexibility index (Phi) is 3.21. The normalized spacial score (nSPS) is 10.4. The number of rotatable bonds is 2. The predicted molar refractivity (Wildman–Crippen MR) is 65.1 cm³/mol. The minimum absolute atomic E-state index is 0.0156. The molecule has 0 radical (unpaired) electrons. The smallest absolute Gasteiger partial charge is 0.169 e. The van der Waals surface area contributed by atoms with E-state index in [2.05, 4.69) is 10.2 Å². The average molecular weight is 239 g/mol. The molecule has 0 aliphatic carbocycles. The van der Waals surface area contributed by atoms with Crippen molar-refractivity contribution in [3.63, 3.8) is 0 Å². The Balaban J connectivity index is 2.28. The van der Waals surface area contributed by atoms with Gasteiger partial charge in [0.1, 0.15) is 11.5 Å². The summed E-state index contributed by atoms with van der Waals surface area (Å²) in [6, 6.07) is 12.8. The summed E-state index contributed by atoms with van der Waals surface area (Å²) in [4.78, 5) is 0. The third-order valence-corrected chi connectivity index (χ3v) is 2.26. The van der Waals surface area contributed by atoms with Gasteiger partial charge in [0.05, 0.1) is 17.3 Å². The highest BCUT2D eigenvalue weighted by Crippen LogP contribution is 2.36. The molecule has 0 amide bonds. The second kappa shape index (κ2) is 4.97. The van der Waals surface area contributed by atoms with Gasteiger partial charge < -0.3 is 10.2 Å². The van der Waals surface area contributed by atoms with Gasteiger partial charge in [0.25, 0.3) is 0 Å². The van der Waals surface area contributed by atoms with Crippen LogP contribution in [0.15, 0.2) is 52.7 Å². The second-order valence-electron chi connectivity index (χ2n) is 3.50. The highest BCUT2D eigenvalue weighted by molar-refractivity contribution is 5.60. The Bertz CT molecular complexity index is 607. The number of hydrogen-bond donors (Lipinski definition) is 2. The molecule has 0 heterocycles. The molecule has 0 unspecified atom stereocenters. The van der Waals surface area contributed by atoms with Gasteiger partial charge in [0.15, 0.2) is 5.69 Å². The maximum absolute atomic E-state index is 9.49. The highest BCUT2D eigenvalue weighted by atomic mass is 16.3. The van der Waals surface area contributed by atoms with Crippen molar-refractivity contribution in [3.05, 3.63) is 48.0 Å². The van der Waals surface area contributed by atoms with Crippen LogP contribution < -0.4 is 0 Å². The van der Waals surface area contributed by atoms with Crippen LogP contribution in [0.2, 0.25) is 0 Å². The van der Waals surface area contributed by atoms with Gasteiger partial charge in [-0.05, 0) is 36.4 Å². The summed E-state index contributed by atoms with van der Waals surface area (Å²) in [5.41, 5.74) is 1.07. The molecule has 2 aromatic rings. The van der Waals surface area contributed by atoms with E-state index in [1.165, 1.54) is 18.2 Å². The van der Waals surface area contributed by atoms with E-state index in [4.69, 9.17) is 5.26 Å². The lowest BCUT2D eigenvalue weighted by Gasteiger charge is -1.99. The molecule has 0 bridgehead atoms. The summed E-state index contributed by atoms with van der Waals surface area (Å²) < 4.78 is 0. The summed E-state index contributed by atoms with van der Waals surface area (Å²) >= 11 is 0. The monoisotopic (exact) mass is 239 g/mol. The number of benzene rings is 2. The van der Waals surface area contributed by atoms with Crippen LogP contribution in [-0.2, 0) is 0 Å². The molecule has 2 rings (SSSR count). The predicted octanol–water partition coefficient (Wildman–Crippen LogP) is 3.38. The number of azo groups is 1. The molecule has 0 spiro atoms. The lowest BCUT2D eigenvalue weighted by Crippen LogP contribution is -1.72. The highest BCUT2D eigenvalue weighted by Gasteiger charge is 2.04. The minimum atomic E-state index is -0.146. The lowest BCUT2D eigenvalue weighted by atomic mass is 10.2. The summed E-state index contributed by atoms with van der Waals surface area (Å²) in [6.07, 6.45) is 0. The zero-order valence-electron chi connectivity index (χ0n) is 9.28. The molecule has 0 saturated heterocycles. The molecule has 2 N–H and O–H groups in total. The van der Waals surface area contributed by atoms with Crippen molar-refractivity contribution in [3.8, 4) is 17.6 Å². The molecule has 0 saturated carbocycles. The zero-order chi connectivity index (χ0) is 13.0. The largest absolute Gasteiger partial charge is 0.505 e. The molecule has 0 aliphatic heterocycles. The third kappa shape index (κ3) is 2.44. The Morgan fingerprint density at radius 3 is 2.06 bits per heavy atom. The van der Waals surface area contributed by atoms with E-state index in [1.54, 1.807) is 24.3 Å². The SMILES string of the molecule is N#Cc1ccc(N=Nc2c(O)cccc2O)cc1. The van der Waals surface area contributed by atoms with Crippen molar-refractivity contribution in [2.24, 2.45) is 10.2 Å². The first kappa shape index (κ1) is 11.6. The number of hydrogen-bond acceptors (Lipinski definition) is 5. The molecular weight excluding hydrogens is 230 g/mol. The number of phenols is 2.